The van der Waals surface area contributed by atoms with Gasteiger partial charge >= 0.3 is 0 Å². The summed E-state index contributed by atoms with van der Waals surface area (Å²) >= 11 is 3.34. The number of aliphatic hydroxyl groups excluding tert-OH is 1. The molecular weight excluding hydrogens is 310 g/mol. The van der Waals surface area contributed by atoms with Crippen LogP contribution in [0.5, 0.6) is 5.75 Å². The fourth-order valence-corrected chi connectivity index (χ4v) is 1.67. The molecule has 106 valence electrons. The van der Waals surface area contributed by atoms with Crippen LogP contribution in [0, 0.1) is 0 Å². The Morgan fingerprint density at radius 3 is 2.53 bits per heavy atom. The van der Waals surface area contributed by atoms with Crippen LogP contribution < -0.4 is 10.1 Å². The number of rotatable bonds is 6. The molecule has 0 radical (unpaired) electrons. The molecular formula is C14H20BrNO3. The monoisotopic (exact) mass is 329 g/mol. The minimum atomic E-state index is -0.612. The van der Waals surface area contributed by atoms with Crippen molar-refractivity contribution in [3.05, 3.63) is 28.7 Å². The van der Waals surface area contributed by atoms with Crippen molar-refractivity contribution in [2.24, 2.45) is 0 Å². The quantitative estimate of drug-likeness (QED) is 0.843. The van der Waals surface area contributed by atoms with Gasteiger partial charge in [0, 0.05) is 4.47 Å². The minimum Gasteiger partial charge on any atom is -0.481 e. The molecule has 0 saturated heterocycles. The summed E-state index contributed by atoms with van der Waals surface area (Å²) < 4.78 is 6.51. The predicted octanol–water partition coefficient (Wildman–Crippen LogP) is 2.49. The Balaban J connectivity index is 2.60. The summed E-state index contributed by atoms with van der Waals surface area (Å²) in [4.78, 5) is 12.0. The molecule has 0 aliphatic rings. The van der Waals surface area contributed by atoms with Gasteiger partial charge in [-0.2, -0.15) is 0 Å². The number of carbonyl (C=O) groups is 1. The van der Waals surface area contributed by atoms with Crippen LogP contribution in [0.15, 0.2) is 28.7 Å². The maximum absolute atomic E-state index is 12.0. The Morgan fingerprint density at radius 2 is 2.05 bits per heavy atom. The number of halogens is 1. The van der Waals surface area contributed by atoms with E-state index in [-0.39, 0.29) is 12.5 Å². The van der Waals surface area contributed by atoms with Gasteiger partial charge in [0.15, 0.2) is 6.10 Å². The molecule has 2 unspecified atom stereocenters. The molecule has 1 aromatic rings. The maximum Gasteiger partial charge on any atom is 0.261 e. The molecule has 0 aliphatic carbocycles. The second-order valence-corrected chi connectivity index (χ2v) is 5.69. The summed E-state index contributed by atoms with van der Waals surface area (Å²) in [5, 5.41) is 12.1. The molecule has 0 aromatic heterocycles. The van der Waals surface area contributed by atoms with E-state index in [0.29, 0.717) is 12.2 Å². The minimum absolute atomic E-state index is 0.0970. The molecule has 1 amide bonds. The number of hydrogen-bond donors (Lipinski definition) is 2. The standard InChI is InChI=1S/C14H20BrNO3/c1-4-14(3,9-17)16-13(18)10(2)19-12-7-5-11(15)6-8-12/h5-8,10,17H,4,9H2,1-3H3,(H,16,18). The largest absolute Gasteiger partial charge is 0.481 e. The molecule has 2 atom stereocenters. The van der Waals surface area contributed by atoms with Crippen LogP contribution in [0.4, 0.5) is 0 Å². The summed E-state index contributed by atoms with van der Waals surface area (Å²) in [7, 11) is 0. The molecule has 0 bridgehead atoms. The Labute approximate surface area is 122 Å². The number of hydrogen-bond acceptors (Lipinski definition) is 3. The zero-order chi connectivity index (χ0) is 14.5. The Hall–Kier alpha value is -1.07. The summed E-state index contributed by atoms with van der Waals surface area (Å²) in [5.74, 6) is 0.398. The Morgan fingerprint density at radius 1 is 1.47 bits per heavy atom. The lowest BCUT2D eigenvalue weighted by Crippen LogP contribution is -2.52. The van der Waals surface area contributed by atoms with Crippen molar-refractivity contribution < 1.29 is 14.6 Å². The molecule has 19 heavy (non-hydrogen) atoms. The number of amides is 1. The SMILES string of the molecule is CCC(C)(CO)NC(=O)C(C)Oc1ccc(Br)cc1. The van der Waals surface area contributed by atoms with E-state index in [4.69, 9.17) is 4.74 Å². The fraction of sp³-hybridized carbons (Fsp3) is 0.500. The number of ether oxygens (including phenoxy) is 1. The maximum atomic E-state index is 12.0. The van der Waals surface area contributed by atoms with Crippen molar-refractivity contribution >= 4 is 21.8 Å². The van der Waals surface area contributed by atoms with Crippen molar-refractivity contribution in [3.8, 4) is 5.75 Å². The Bertz CT molecular complexity index is 415. The van der Waals surface area contributed by atoms with Gasteiger partial charge in [0.25, 0.3) is 5.91 Å². The summed E-state index contributed by atoms with van der Waals surface area (Å²) in [6, 6.07) is 7.28. The van der Waals surface area contributed by atoms with Crippen molar-refractivity contribution in [1.29, 1.82) is 0 Å². The fourth-order valence-electron chi connectivity index (χ4n) is 1.41. The van der Waals surface area contributed by atoms with Crippen LogP contribution in [0.3, 0.4) is 0 Å². The summed E-state index contributed by atoms with van der Waals surface area (Å²) in [6.07, 6.45) is 0.0406. The zero-order valence-electron chi connectivity index (χ0n) is 11.4. The van der Waals surface area contributed by atoms with E-state index in [1.165, 1.54) is 0 Å². The van der Waals surface area contributed by atoms with Crippen LogP contribution >= 0.6 is 15.9 Å². The number of nitrogens with one attached hydrogen (secondary N) is 1. The van der Waals surface area contributed by atoms with E-state index in [9.17, 15) is 9.90 Å². The first kappa shape index (κ1) is 16.0. The van der Waals surface area contributed by atoms with E-state index in [1.54, 1.807) is 26.0 Å². The first-order valence-corrected chi connectivity index (χ1v) is 7.04. The molecule has 1 rings (SSSR count). The van der Waals surface area contributed by atoms with Crippen molar-refractivity contribution in [3.63, 3.8) is 0 Å². The van der Waals surface area contributed by atoms with E-state index < -0.39 is 11.6 Å². The topological polar surface area (TPSA) is 58.6 Å². The summed E-state index contributed by atoms with van der Waals surface area (Å²) in [6.45, 7) is 5.30. The van der Waals surface area contributed by atoms with Gasteiger partial charge in [0.05, 0.1) is 12.1 Å². The van der Waals surface area contributed by atoms with E-state index >= 15 is 0 Å². The normalized spacial score (nSPS) is 15.4. The first-order chi connectivity index (χ1) is 8.90. The highest BCUT2D eigenvalue weighted by molar-refractivity contribution is 9.10. The zero-order valence-corrected chi connectivity index (χ0v) is 13.0. The van der Waals surface area contributed by atoms with Crippen LogP contribution in [0.25, 0.3) is 0 Å². The molecule has 0 aliphatic heterocycles. The third-order valence-electron chi connectivity index (χ3n) is 3.05. The van der Waals surface area contributed by atoms with E-state index in [1.807, 2.05) is 19.1 Å². The van der Waals surface area contributed by atoms with E-state index in [0.717, 1.165) is 4.47 Å². The van der Waals surface area contributed by atoms with Gasteiger partial charge in [-0.15, -0.1) is 0 Å². The average Bonchev–Trinajstić information content (AvgIpc) is 2.41. The molecule has 2 N–H and O–H groups in total. The number of aliphatic hydroxyl groups is 1. The van der Waals surface area contributed by atoms with Gasteiger partial charge in [-0.05, 0) is 44.5 Å². The summed E-state index contributed by atoms with van der Waals surface area (Å²) in [5.41, 5.74) is -0.603. The predicted molar refractivity (Wildman–Crippen MR) is 78.2 cm³/mol. The highest BCUT2D eigenvalue weighted by atomic mass is 79.9. The van der Waals surface area contributed by atoms with Gasteiger partial charge in [0.2, 0.25) is 0 Å². The highest BCUT2D eigenvalue weighted by Gasteiger charge is 2.26. The van der Waals surface area contributed by atoms with Crippen LogP contribution in [-0.2, 0) is 4.79 Å². The van der Waals surface area contributed by atoms with Gasteiger partial charge in [-0.25, -0.2) is 0 Å². The van der Waals surface area contributed by atoms with Gasteiger partial charge in [-0.1, -0.05) is 22.9 Å². The van der Waals surface area contributed by atoms with Crippen LogP contribution in [0.2, 0.25) is 0 Å². The molecule has 0 saturated carbocycles. The van der Waals surface area contributed by atoms with E-state index in [2.05, 4.69) is 21.2 Å². The van der Waals surface area contributed by atoms with Gasteiger partial charge < -0.3 is 15.2 Å². The van der Waals surface area contributed by atoms with Gasteiger partial charge in [0.1, 0.15) is 5.75 Å². The highest BCUT2D eigenvalue weighted by Crippen LogP contribution is 2.17. The molecule has 0 spiro atoms. The third kappa shape index (κ3) is 4.84. The first-order valence-electron chi connectivity index (χ1n) is 6.25. The molecule has 4 nitrogen and oxygen atoms in total. The second kappa shape index (κ2) is 6.91. The smallest absolute Gasteiger partial charge is 0.261 e. The van der Waals surface area contributed by atoms with Gasteiger partial charge in [-0.3, -0.25) is 4.79 Å². The second-order valence-electron chi connectivity index (χ2n) is 4.78. The van der Waals surface area contributed by atoms with Crippen LogP contribution in [0.1, 0.15) is 27.2 Å². The van der Waals surface area contributed by atoms with Crippen LogP contribution in [-0.4, -0.2) is 29.3 Å². The lowest BCUT2D eigenvalue weighted by atomic mass is 10.00. The number of benzene rings is 1. The molecule has 0 heterocycles. The van der Waals surface area contributed by atoms with Crippen molar-refractivity contribution in [1.82, 2.24) is 5.32 Å². The lowest BCUT2D eigenvalue weighted by molar-refractivity contribution is -0.129. The van der Waals surface area contributed by atoms with Crippen molar-refractivity contribution in [2.45, 2.75) is 38.8 Å². The van der Waals surface area contributed by atoms with Crippen molar-refractivity contribution in [2.75, 3.05) is 6.61 Å². The Kier molecular flexibility index (Phi) is 5.82. The lowest BCUT2D eigenvalue weighted by Gasteiger charge is -2.28. The molecule has 5 heteroatoms. The molecule has 0 fully saturated rings. The number of carbonyl (C=O) groups excluding carboxylic acids is 1. The third-order valence-corrected chi connectivity index (χ3v) is 3.58. The average molecular weight is 330 g/mol. The molecule has 1 aromatic carbocycles.